The lowest BCUT2D eigenvalue weighted by Crippen LogP contribution is -1.89. The molecule has 106 valence electrons. The Hall–Kier alpha value is -1.68. The van der Waals surface area contributed by atoms with Crippen molar-refractivity contribution >= 4 is 40.6 Å². The molecule has 0 saturated carbocycles. The number of anilines is 1. The number of nitrogens with one attached hydrogen (secondary N) is 1. The lowest BCUT2D eigenvalue weighted by molar-refractivity contribution is 1.10. The lowest BCUT2D eigenvalue weighted by Gasteiger charge is -2.06. The van der Waals surface area contributed by atoms with Crippen molar-refractivity contribution in [1.29, 1.82) is 0 Å². The minimum atomic E-state index is 0.401. The highest BCUT2D eigenvalue weighted by molar-refractivity contribution is 6.42. The summed E-state index contributed by atoms with van der Waals surface area (Å²) in [4.78, 5) is 0. The standard InChI is InChI=1S/C15H10Cl3N3/c16-10-4-1-8(2-5-10)14-13(15(19)21-20-14)9-3-6-11(17)12(18)7-9/h1-7H,(H3,19,20,21). The fourth-order valence-electron chi connectivity index (χ4n) is 2.13. The molecular formula is C15H10Cl3N3. The van der Waals surface area contributed by atoms with E-state index >= 15 is 0 Å². The van der Waals surface area contributed by atoms with Crippen molar-refractivity contribution in [2.45, 2.75) is 0 Å². The van der Waals surface area contributed by atoms with E-state index in [9.17, 15) is 0 Å². The van der Waals surface area contributed by atoms with Crippen molar-refractivity contribution in [1.82, 2.24) is 10.2 Å². The van der Waals surface area contributed by atoms with Crippen LogP contribution in [0.3, 0.4) is 0 Å². The molecule has 6 heteroatoms. The van der Waals surface area contributed by atoms with E-state index in [2.05, 4.69) is 10.2 Å². The van der Waals surface area contributed by atoms with Gasteiger partial charge in [0.25, 0.3) is 0 Å². The number of nitrogen functional groups attached to an aromatic ring is 1. The smallest absolute Gasteiger partial charge is 0.153 e. The summed E-state index contributed by atoms with van der Waals surface area (Å²) < 4.78 is 0. The Morgan fingerprint density at radius 1 is 0.857 bits per heavy atom. The molecule has 1 aromatic heterocycles. The monoisotopic (exact) mass is 337 g/mol. The second-order valence-electron chi connectivity index (χ2n) is 4.49. The summed E-state index contributed by atoms with van der Waals surface area (Å²) in [5.41, 5.74) is 9.36. The number of benzene rings is 2. The maximum absolute atomic E-state index is 6.08. The van der Waals surface area contributed by atoms with Crippen LogP contribution in [0.25, 0.3) is 22.4 Å². The van der Waals surface area contributed by atoms with Gasteiger partial charge < -0.3 is 5.73 Å². The van der Waals surface area contributed by atoms with Crippen LogP contribution in [0.1, 0.15) is 0 Å². The Labute approximate surface area is 136 Å². The summed E-state index contributed by atoms with van der Waals surface area (Å²) >= 11 is 18.0. The number of rotatable bonds is 2. The van der Waals surface area contributed by atoms with E-state index in [4.69, 9.17) is 40.5 Å². The molecule has 0 amide bonds. The number of H-pyrrole nitrogens is 1. The molecule has 0 spiro atoms. The van der Waals surface area contributed by atoms with Crippen LogP contribution < -0.4 is 5.73 Å². The van der Waals surface area contributed by atoms with Crippen LogP contribution in [-0.2, 0) is 0 Å². The van der Waals surface area contributed by atoms with Crippen molar-refractivity contribution in [2.24, 2.45) is 0 Å². The van der Waals surface area contributed by atoms with Crippen molar-refractivity contribution in [3.05, 3.63) is 57.5 Å². The van der Waals surface area contributed by atoms with Crippen molar-refractivity contribution < 1.29 is 0 Å². The SMILES string of the molecule is Nc1n[nH]c(-c2ccc(Cl)cc2)c1-c1ccc(Cl)c(Cl)c1. The van der Waals surface area contributed by atoms with E-state index in [1.165, 1.54) is 0 Å². The van der Waals surface area contributed by atoms with Gasteiger partial charge in [-0.15, -0.1) is 0 Å². The number of hydrogen-bond acceptors (Lipinski definition) is 2. The normalized spacial score (nSPS) is 10.8. The topological polar surface area (TPSA) is 54.7 Å². The van der Waals surface area contributed by atoms with Gasteiger partial charge in [0, 0.05) is 10.6 Å². The van der Waals surface area contributed by atoms with Gasteiger partial charge in [-0.05, 0) is 29.8 Å². The van der Waals surface area contributed by atoms with Gasteiger partial charge in [-0.25, -0.2) is 0 Å². The Morgan fingerprint density at radius 3 is 2.19 bits per heavy atom. The van der Waals surface area contributed by atoms with Gasteiger partial charge in [-0.3, -0.25) is 5.10 Å². The number of nitrogens with zero attached hydrogens (tertiary/aromatic N) is 1. The van der Waals surface area contributed by atoms with Gasteiger partial charge in [-0.1, -0.05) is 53.0 Å². The highest BCUT2D eigenvalue weighted by Gasteiger charge is 2.15. The van der Waals surface area contributed by atoms with Crippen molar-refractivity contribution in [3.8, 4) is 22.4 Å². The van der Waals surface area contributed by atoms with Crippen LogP contribution in [0.2, 0.25) is 15.1 Å². The van der Waals surface area contributed by atoms with E-state index < -0.39 is 0 Å². The zero-order valence-electron chi connectivity index (χ0n) is 10.7. The highest BCUT2D eigenvalue weighted by atomic mass is 35.5. The molecule has 0 bridgehead atoms. The molecule has 0 unspecified atom stereocenters. The van der Waals surface area contributed by atoms with Crippen LogP contribution in [0.4, 0.5) is 5.82 Å². The molecule has 3 rings (SSSR count). The summed E-state index contributed by atoms with van der Waals surface area (Å²) in [7, 11) is 0. The summed E-state index contributed by atoms with van der Waals surface area (Å²) in [6, 6.07) is 12.8. The van der Waals surface area contributed by atoms with E-state index in [0.717, 1.165) is 22.4 Å². The predicted octanol–water partition coefficient (Wildman–Crippen LogP) is 5.29. The Balaban J connectivity index is 2.16. The molecule has 1 heterocycles. The van der Waals surface area contributed by atoms with Gasteiger partial charge in [0.1, 0.15) is 0 Å². The number of nitrogens with two attached hydrogens (primary N) is 1. The molecule has 0 radical (unpaired) electrons. The van der Waals surface area contributed by atoms with E-state index in [1.807, 2.05) is 30.3 Å². The molecule has 0 fully saturated rings. The predicted molar refractivity (Wildman–Crippen MR) is 88.9 cm³/mol. The molecule has 2 aromatic carbocycles. The lowest BCUT2D eigenvalue weighted by atomic mass is 10.0. The zero-order chi connectivity index (χ0) is 15.0. The van der Waals surface area contributed by atoms with E-state index in [0.29, 0.717) is 20.9 Å². The van der Waals surface area contributed by atoms with Crippen LogP contribution in [0.5, 0.6) is 0 Å². The number of aromatic amines is 1. The third kappa shape index (κ3) is 2.72. The highest BCUT2D eigenvalue weighted by Crippen LogP contribution is 2.37. The van der Waals surface area contributed by atoms with Crippen LogP contribution in [0.15, 0.2) is 42.5 Å². The van der Waals surface area contributed by atoms with Gasteiger partial charge in [0.15, 0.2) is 5.82 Å². The first-order chi connectivity index (χ1) is 10.1. The third-order valence-electron chi connectivity index (χ3n) is 3.14. The molecule has 0 aliphatic carbocycles. The van der Waals surface area contributed by atoms with E-state index in [1.54, 1.807) is 12.1 Å². The second-order valence-corrected chi connectivity index (χ2v) is 5.75. The Kier molecular flexibility index (Phi) is 3.81. The molecule has 0 aliphatic heterocycles. The first-order valence-electron chi connectivity index (χ1n) is 6.11. The van der Waals surface area contributed by atoms with Gasteiger partial charge in [-0.2, -0.15) is 5.10 Å². The van der Waals surface area contributed by atoms with Gasteiger partial charge >= 0.3 is 0 Å². The average Bonchev–Trinajstić information content (AvgIpc) is 2.85. The molecule has 3 nitrogen and oxygen atoms in total. The van der Waals surface area contributed by atoms with E-state index in [-0.39, 0.29) is 0 Å². The first-order valence-corrected chi connectivity index (χ1v) is 7.25. The fraction of sp³-hybridized carbons (Fsp3) is 0. The average molecular weight is 339 g/mol. The number of aromatic nitrogens is 2. The van der Waals surface area contributed by atoms with Crippen LogP contribution in [-0.4, -0.2) is 10.2 Å². The molecule has 0 aliphatic rings. The molecular weight excluding hydrogens is 329 g/mol. The number of hydrogen-bond donors (Lipinski definition) is 2. The maximum atomic E-state index is 6.08. The third-order valence-corrected chi connectivity index (χ3v) is 4.13. The van der Waals surface area contributed by atoms with Gasteiger partial charge in [0.05, 0.1) is 21.3 Å². The summed E-state index contributed by atoms with van der Waals surface area (Å²) in [5, 5.41) is 8.67. The fourth-order valence-corrected chi connectivity index (χ4v) is 2.55. The van der Waals surface area contributed by atoms with Gasteiger partial charge in [0.2, 0.25) is 0 Å². The first kappa shape index (κ1) is 14.3. The van der Waals surface area contributed by atoms with Crippen molar-refractivity contribution in [3.63, 3.8) is 0 Å². The largest absolute Gasteiger partial charge is 0.382 e. The second kappa shape index (κ2) is 5.60. The molecule has 3 N–H and O–H groups in total. The molecule has 0 saturated heterocycles. The maximum Gasteiger partial charge on any atom is 0.153 e. The molecule has 21 heavy (non-hydrogen) atoms. The number of halogens is 3. The minimum absolute atomic E-state index is 0.401. The molecule has 0 atom stereocenters. The Morgan fingerprint density at radius 2 is 1.52 bits per heavy atom. The Bertz CT molecular complexity index is 794. The minimum Gasteiger partial charge on any atom is -0.382 e. The molecule has 3 aromatic rings. The van der Waals surface area contributed by atoms with Crippen molar-refractivity contribution in [2.75, 3.05) is 5.73 Å². The van der Waals surface area contributed by atoms with Crippen LogP contribution >= 0.6 is 34.8 Å². The summed E-state index contributed by atoms with van der Waals surface area (Å²) in [5.74, 6) is 0.401. The summed E-state index contributed by atoms with van der Waals surface area (Å²) in [6.07, 6.45) is 0. The quantitative estimate of drug-likeness (QED) is 0.667. The van der Waals surface area contributed by atoms with Crippen LogP contribution in [0, 0.1) is 0 Å². The zero-order valence-corrected chi connectivity index (χ0v) is 13.0. The summed E-state index contributed by atoms with van der Waals surface area (Å²) in [6.45, 7) is 0.